The fourth-order valence-corrected chi connectivity index (χ4v) is 1.49. The molecule has 0 atom stereocenters. The van der Waals surface area contributed by atoms with E-state index in [1.165, 1.54) is 6.08 Å². The van der Waals surface area contributed by atoms with E-state index in [2.05, 4.69) is 0 Å². The Bertz CT molecular complexity index is 367. The Morgan fingerprint density at radius 3 is 2.62 bits per heavy atom. The van der Waals surface area contributed by atoms with E-state index in [0.717, 1.165) is 17.4 Å². The summed E-state index contributed by atoms with van der Waals surface area (Å²) < 4.78 is 0. The van der Waals surface area contributed by atoms with Gasteiger partial charge in [0, 0.05) is 11.0 Å². The summed E-state index contributed by atoms with van der Waals surface area (Å²) in [7, 11) is 0. The lowest BCUT2D eigenvalue weighted by Gasteiger charge is -1.83. The predicted molar refractivity (Wildman–Crippen MR) is 49.5 cm³/mol. The molecule has 1 rings (SSSR count). The van der Waals surface area contributed by atoms with E-state index in [1.807, 2.05) is 0 Å². The summed E-state index contributed by atoms with van der Waals surface area (Å²) in [6.45, 7) is 0. The molecule has 0 aliphatic rings. The van der Waals surface area contributed by atoms with Crippen molar-refractivity contribution in [3.8, 4) is 0 Å². The molecule has 0 unspecified atom stereocenters. The molecular formula is C8H7NO3S. The third kappa shape index (κ3) is 2.72. The number of carbonyl (C=O) groups excluding carboxylic acids is 1. The van der Waals surface area contributed by atoms with Crippen LogP contribution in [0.1, 0.15) is 14.5 Å². The average molecular weight is 197 g/mol. The fourth-order valence-electron chi connectivity index (χ4n) is 0.728. The Balaban J connectivity index is 2.80. The number of nitrogens with two attached hydrogens (primary N) is 1. The first-order chi connectivity index (χ1) is 6.09. The summed E-state index contributed by atoms with van der Waals surface area (Å²) in [5, 5.41) is 8.32. The minimum Gasteiger partial charge on any atom is -0.478 e. The zero-order valence-electron chi connectivity index (χ0n) is 6.56. The first-order valence-electron chi connectivity index (χ1n) is 3.40. The van der Waals surface area contributed by atoms with Crippen LogP contribution in [-0.2, 0) is 4.79 Å². The third-order valence-electron chi connectivity index (χ3n) is 1.26. The summed E-state index contributed by atoms with van der Waals surface area (Å²) in [6, 6.07) is 3.21. The van der Waals surface area contributed by atoms with Gasteiger partial charge in [-0.05, 0) is 18.2 Å². The third-order valence-corrected chi connectivity index (χ3v) is 2.32. The molecular weight excluding hydrogens is 190 g/mol. The predicted octanol–water partition coefficient (Wildman–Crippen LogP) is 0.945. The van der Waals surface area contributed by atoms with Gasteiger partial charge in [0.1, 0.15) is 0 Å². The molecule has 0 saturated carbocycles. The highest BCUT2D eigenvalue weighted by atomic mass is 32.1. The molecule has 1 aromatic heterocycles. The van der Waals surface area contributed by atoms with Gasteiger partial charge in [0.05, 0.1) is 4.88 Å². The van der Waals surface area contributed by atoms with E-state index in [0.29, 0.717) is 9.75 Å². The molecule has 13 heavy (non-hydrogen) atoms. The standard InChI is InChI=1S/C8H7NO3S/c9-8(12)6-3-1-5(13-6)2-4-7(10)11/h1-4H,(H2,9,12)(H,10,11)/b4-2-. The molecule has 0 bridgehead atoms. The normalized spacial score (nSPS) is 10.5. The summed E-state index contributed by atoms with van der Waals surface area (Å²) in [5.41, 5.74) is 5.01. The fraction of sp³-hybridized carbons (Fsp3) is 0. The minimum atomic E-state index is -1.02. The molecule has 5 heteroatoms. The molecule has 0 spiro atoms. The van der Waals surface area contributed by atoms with Crippen LogP contribution in [0.5, 0.6) is 0 Å². The SMILES string of the molecule is NC(=O)c1ccc(/C=C\C(=O)O)s1. The van der Waals surface area contributed by atoms with Gasteiger partial charge in [0.2, 0.25) is 0 Å². The molecule has 1 heterocycles. The Hall–Kier alpha value is -1.62. The number of carboxylic acids is 1. The van der Waals surface area contributed by atoms with Gasteiger partial charge in [-0.15, -0.1) is 11.3 Å². The summed E-state index contributed by atoms with van der Waals surface area (Å²) >= 11 is 1.16. The van der Waals surface area contributed by atoms with Crippen molar-refractivity contribution >= 4 is 29.3 Å². The Morgan fingerprint density at radius 2 is 2.15 bits per heavy atom. The molecule has 1 aromatic rings. The quantitative estimate of drug-likeness (QED) is 0.708. The van der Waals surface area contributed by atoms with Crippen molar-refractivity contribution in [1.29, 1.82) is 0 Å². The number of carboxylic acid groups (broad SMARTS) is 1. The van der Waals surface area contributed by atoms with E-state index in [1.54, 1.807) is 12.1 Å². The van der Waals surface area contributed by atoms with Gasteiger partial charge >= 0.3 is 5.97 Å². The van der Waals surface area contributed by atoms with E-state index in [9.17, 15) is 9.59 Å². The van der Waals surface area contributed by atoms with Gasteiger partial charge < -0.3 is 10.8 Å². The summed E-state index contributed by atoms with van der Waals surface area (Å²) in [4.78, 5) is 21.9. The Kier molecular flexibility index (Phi) is 2.81. The van der Waals surface area contributed by atoms with Crippen LogP contribution in [0.25, 0.3) is 6.08 Å². The highest BCUT2D eigenvalue weighted by Crippen LogP contribution is 2.16. The second-order valence-corrected chi connectivity index (χ2v) is 3.35. The lowest BCUT2D eigenvalue weighted by Crippen LogP contribution is -2.07. The highest BCUT2D eigenvalue weighted by molar-refractivity contribution is 7.14. The first kappa shape index (κ1) is 9.47. The molecule has 3 N–H and O–H groups in total. The molecule has 1 amide bonds. The van der Waals surface area contributed by atoms with Crippen LogP contribution in [0.15, 0.2) is 18.2 Å². The van der Waals surface area contributed by atoms with Crippen LogP contribution in [0.3, 0.4) is 0 Å². The summed E-state index contributed by atoms with van der Waals surface area (Å²) in [6.07, 6.45) is 2.43. The van der Waals surface area contributed by atoms with Crippen LogP contribution >= 0.6 is 11.3 Å². The van der Waals surface area contributed by atoms with Crippen molar-refractivity contribution in [2.24, 2.45) is 5.73 Å². The van der Waals surface area contributed by atoms with Crippen molar-refractivity contribution in [2.45, 2.75) is 0 Å². The average Bonchev–Trinajstić information content (AvgIpc) is 2.48. The van der Waals surface area contributed by atoms with Gasteiger partial charge in [0.15, 0.2) is 0 Å². The zero-order chi connectivity index (χ0) is 9.84. The van der Waals surface area contributed by atoms with E-state index in [4.69, 9.17) is 10.8 Å². The number of hydrogen-bond acceptors (Lipinski definition) is 3. The van der Waals surface area contributed by atoms with Gasteiger partial charge in [-0.3, -0.25) is 4.79 Å². The number of primary amides is 1. The maximum Gasteiger partial charge on any atom is 0.328 e. The number of amides is 1. The van der Waals surface area contributed by atoms with E-state index < -0.39 is 11.9 Å². The molecule has 4 nitrogen and oxygen atoms in total. The smallest absolute Gasteiger partial charge is 0.328 e. The topological polar surface area (TPSA) is 80.4 Å². The van der Waals surface area contributed by atoms with Crippen molar-refractivity contribution in [1.82, 2.24) is 0 Å². The molecule has 0 aromatic carbocycles. The van der Waals surface area contributed by atoms with Crippen molar-refractivity contribution in [3.63, 3.8) is 0 Å². The minimum absolute atomic E-state index is 0.421. The van der Waals surface area contributed by atoms with E-state index in [-0.39, 0.29) is 0 Å². The number of hydrogen-bond donors (Lipinski definition) is 2. The Labute approximate surface area is 78.3 Å². The summed E-state index contributed by atoms with van der Waals surface area (Å²) in [5.74, 6) is -1.52. The van der Waals surface area contributed by atoms with Crippen LogP contribution in [-0.4, -0.2) is 17.0 Å². The number of carbonyl (C=O) groups is 2. The molecule has 0 radical (unpaired) electrons. The maximum absolute atomic E-state index is 10.6. The Morgan fingerprint density at radius 1 is 1.46 bits per heavy atom. The second kappa shape index (κ2) is 3.86. The molecule has 68 valence electrons. The van der Waals surface area contributed by atoms with Crippen molar-refractivity contribution in [3.05, 3.63) is 28.0 Å². The van der Waals surface area contributed by atoms with Crippen LogP contribution in [0.2, 0.25) is 0 Å². The van der Waals surface area contributed by atoms with Gasteiger partial charge in [0.25, 0.3) is 5.91 Å². The van der Waals surface area contributed by atoms with Crippen molar-refractivity contribution in [2.75, 3.05) is 0 Å². The lowest BCUT2D eigenvalue weighted by atomic mass is 10.4. The first-order valence-corrected chi connectivity index (χ1v) is 4.22. The van der Waals surface area contributed by atoms with Crippen LogP contribution < -0.4 is 5.73 Å². The lowest BCUT2D eigenvalue weighted by molar-refractivity contribution is -0.131. The maximum atomic E-state index is 10.6. The van der Waals surface area contributed by atoms with Crippen LogP contribution in [0.4, 0.5) is 0 Å². The number of aliphatic carboxylic acids is 1. The van der Waals surface area contributed by atoms with E-state index >= 15 is 0 Å². The number of rotatable bonds is 3. The zero-order valence-corrected chi connectivity index (χ0v) is 7.38. The van der Waals surface area contributed by atoms with Gasteiger partial charge in [-0.1, -0.05) is 0 Å². The van der Waals surface area contributed by atoms with Gasteiger partial charge in [-0.25, -0.2) is 4.79 Å². The van der Waals surface area contributed by atoms with Crippen molar-refractivity contribution < 1.29 is 14.7 Å². The molecule has 0 saturated heterocycles. The van der Waals surface area contributed by atoms with Gasteiger partial charge in [-0.2, -0.15) is 0 Å². The molecule has 0 aliphatic carbocycles. The monoisotopic (exact) mass is 197 g/mol. The number of thiophene rings is 1. The van der Waals surface area contributed by atoms with Crippen LogP contribution in [0, 0.1) is 0 Å². The molecule has 0 fully saturated rings. The highest BCUT2D eigenvalue weighted by Gasteiger charge is 2.02. The second-order valence-electron chi connectivity index (χ2n) is 2.24. The largest absolute Gasteiger partial charge is 0.478 e. The molecule has 0 aliphatic heterocycles.